The lowest BCUT2D eigenvalue weighted by Gasteiger charge is -2.12. The molecule has 0 bridgehead atoms. The molecule has 6 heteroatoms. The van der Waals surface area contributed by atoms with Gasteiger partial charge in [0.15, 0.2) is 0 Å². The quantitative estimate of drug-likeness (QED) is 0.374. The maximum atomic E-state index is 13.6. The summed E-state index contributed by atoms with van der Waals surface area (Å²) < 4.78 is 15.1. The second-order valence-electron chi connectivity index (χ2n) is 6.33. The Balaban J connectivity index is 1.90. The van der Waals surface area contributed by atoms with Crippen molar-refractivity contribution in [2.75, 3.05) is 6.26 Å². The van der Waals surface area contributed by atoms with Gasteiger partial charge in [0.2, 0.25) is 0 Å². The molecule has 1 aromatic heterocycles. The number of thioether (sulfide) groups is 1. The van der Waals surface area contributed by atoms with Crippen molar-refractivity contribution in [2.45, 2.75) is 4.90 Å². The molecule has 0 aliphatic heterocycles. The van der Waals surface area contributed by atoms with Crippen molar-refractivity contribution in [3.8, 4) is 5.69 Å². The van der Waals surface area contributed by atoms with Crippen molar-refractivity contribution >= 4 is 46.4 Å². The lowest BCUT2D eigenvalue weighted by molar-refractivity contribution is 0.627. The van der Waals surface area contributed by atoms with Crippen LogP contribution in [0.1, 0.15) is 11.4 Å². The molecule has 1 heterocycles. The predicted molar refractivity (Wildman–Crippen MR) is 119 cm³/mol. The Kier molecular flexibility index (Phi) is 5.51. The van der Waals surface area contributed by atoms with E-state index in [1.807, 2.05) is 42.7 Å². The number of hydrogen-bond donors (Lipinski definition) is 0. The second-order valence-corrected chi connectivity index (χ2v) is 7.62. The normalized spacial score (nSPS) is 11.4. The largest absolute Gasteiger partial charge is 0.268 e. The smallest absolute Gasteiger partial charge is 0.266 e. The molecule has 4 aromatic rings. The molecule has 4 rings (SSSR count). The third kappa shape index (κ3) is 3.97. The van der Waals surface area contributed by atoms with Gasteiger partial charge in [-0.3, -0.25) is 9.36 Å². The van der Waals surface area contributed by atoms with E-state index in [0.29, 0.717) is 22.4 Å². The van der Waals surface area contributed by atoms with Crippen LogP contribution in [0.2, 0.25) is 5.02 Å². The maximum absolute atomic E-state index is 13.6. The summed E-state index contributed by atoms with van der Waals surface area (Å²) in [7, 11) is 0. The molecular formula is C23H16ClFN2OS. The average Bonchev–Trinajstić information content (AvgIpc) is 2.75. The van der Waals surface area contributed by atoms with E-state index in [-0.39, 0.29) is 10.6 Å². The molecule has 3 nitrogen and oxygen atoms in total. The number of hydrogen-bond acceptors (Lipinski definition) is 3. The van der Waals surface area contributed by atoms with E-state index in [1.54, 1.807) is 36.0 Å². The highest BCUT2D eigenvalue weighted by molar-refractivity contribution is 7.98. The van der Waals surface area contributed by atoms with Crippen LogP contribution >= 0.6 is 23.4 Å². The molecule has 0 spiro atoms. The first-order valence-corrected chi connectivity index (χ1v) is 10.5. The van der Waals surface area contributed by atoms with E-state index < -0.39 is 5.82 Å². The van der Waals surface area contributed by atoms with Crippen LogP contribution in [-0.2, 0) is 0 Å². The summed E-state index contributed by atoms with van der Waals surface area (Å²) in [6.45, 7) is 0. The Morgan fingerprint density at radius 2 is 1.79 bits per heavy atom. The van der Waals surface area contributed by atoms with Gasteiger partial charge < -0.3 is 0 Å². The van der Waals surface area contributed by atoms with Crippen LogP contribution in [-0.4, -0.2) is 15.8 Å². The topological polar surface area (TPSA) is 34.9 Å². The minimum Gasteiger partial charge on any atom is -0.268 e. The van der Waals surface area contributed by atoms with Crippen molar-refractivity contribution in [1.82, 2.24) is 9.55 Å². The van der Waals surface area contributed by atoms with Gasteiger partial charge in [-0.15, -0.1) is 11.8 Å². The van der Waals surface area contributed by atoms with Crippen molar-refractivity contribution in [1.29, 1.82) is 0 Å². The third-order valence-corrected chi connectivity index (χ3v) is 5.54. The van der Waals surface area contributed by atoms with Gasteiger partial charge in [0, 0.05) is 4.90 Å². The van der Waals surface area contributed by atoms with Crippen LogP contribution in [0, 0.1) is 5.82 Å². The van der Waals surface area contributed by atoms with Crippen LogP contribution in [0.3, 0.4) is 0 Å². The number of aromatic nitrogens is 2. The third-order valence-electron chi connectivity index (χ3n) is 4.50. The standard InChI is InChI=1S/C23H16ClFN2OS/c1-29-17-10-6-15(7-11-17)8-13-22-26-21-5-3-2-4-18(21)23(28)27(22)16-9-12-20(25)19(24)14-16/h2-14H,1H3. The predicted octanol–water partition coefficient (Wildman–Crippen LogP) is 6.07. The zero-order chi connectivity index (χ0) is 20.4. The van der Waals surface area contributed by atoms with Crippen LogP contribution in [0.15, 0.2) is 76.4 Å². The lowest BCUT2D eigenvalue weighted by Crippen LogP contribution is -2.22. The van der Waals surface area contributed by atoms with Crippen molar-refractivity contribution < 1.29 is 4.39 Å². The molecule has 0 aliphatic rings. The SMILES string of the molecule is CSc1ccc(C=Cc2nc3ccccc3c(=O)n2-c2ccc(F)c(Cl)c2)cc1. The highest BCUT2D eigenvalue weighted by atomic mass is 35.5. The molecule has 0 aliphatic carbocycles. The van der Waals surface area contributed by atoms with E-state index in [0.717, 1.165) is 5.56 Å². The number of fused-ring (bicyclic) bond motifs is 1. The summed E-state index contributed by atoms with van der Waals surface area (Å²) in [5.74, 6) is -0.103. The number of benzene rings is 3. The van der Waals surface area contributed by atoms with Gasteiger partial charge in [0.1, 0.15) is 11.6 Å². The summed E-state index contributed by atoms with van der Waals surface area (Å²) in [5.41, 5.74) is 1.79. The summed E-state index contributed by atoms with van der Waals surface area (Å²) in [6.07, 6.45) is 5.69. The summed E-state index contributed by atoms with van der Waals surface area (Å²) >= 11 is 7.63. The van der Waals surface area contributed by atoms with Crippen molar-refractivity contribution in [2.24, 2.45) is 0 Å². The number of para-hydroxylation sites is 1. The van der Waals surface area contributed by atoms with Gasteiger partial charge in [-0.2, -0.15) is 0 Å². The summed E-state index contributed by atoms with van der Waals surface area (Å²) in [5, 5.41) is 0.430. The van der Waals surface area contributed by atoms with Gasteiger partial charge in [-0.05, 0) is 60.4 Å². The van der Waals surface area contributed by atoms with Crippen LogP contribution in [0.25, 0.3) is 28.7 Å². The minimum atomic E-state index is -0.539. The fourth-order valence-corrected chi connectivity index (χ4v) is 3.60. The molecule has 0 N–H and O–H groups in total. The maximum Gasteiger partial charge on any atom is 0.266 e. The first-order chi connectivity index (χ1) is 14.1. The van der Waals surface area contributed by atoms with Gasteiger partial charge in [0.05, 0.1) is 21.6 Å². The van der Waals surface area contributed by atoms with E-state index in [9.17, 15) is 9.18 Å². The van der Waals surface area contributed by atoms with E-state index in [2.05, 4.69) is 4.98 Å². The first kappa shape index (κ1) is 19.4. The Hall–Kier alpha value is -2.89. The molecule has 144 valence electrons. The van der Waals surface area contributed by atoms with Gasteiger partial charge in [-0.1, -0.05) is 41.9 Å². The highest BCUT2D eigenvalue weighted by Crippen LogP contribution is 2.21. The van der Waals surface area contributed by atoms with Crippen LogP contribution in [0.5, 0.6) is 0 Å². The number of nitrogens with zero attached hydrogens (tertiary/aromatic N) is 2. The fraction of sp³-hybridized carbons (Fsp3) is 0.0435. The fourth-order valence-electron chi connectivity index (χ4n) is 3.02. The monoisotopic (exact) mass is 422 g/mol. The lowest BCUT2D eigenvalue weighted by atomic mass is 10.2. The molecule has 0 saturated heterocycles. The molecule has 29 heavy (non-hydrogen) atoms. The molecule has 0 amide bonds. The van der Waals surface area contributed by atoms with E-state index >= 15 is 0 Å². The molecular weight excluding hydrogens is 407 g/mol. The Morgan fingerprint density at radius 1 is 1.03 bits per heavy atom. The van der Waals surface area contributed by atoms with E-state index in [1.165, 1.54) is 27.7 Å². The first-order valence-electron chi connectivity index (χ1n) is 8.86. The minimum absolute atomic E-state index is 0.0508. The zero-order valence-corrected chi connectivity index (χ0v) is 17.0. The summed E-state index contributed by atoms with van der Waals surface area (Å²) in [4.78, 5) is 19.0. The highest BCUT2D eigenvalue weighted by Gasteiger charge is 2.12. The Labute approximate surface area is 176 Å². The Morgan fingerprint density at radius 3 is 2.52 bits per heavy atom. The van der Waals surface area contributed by atoms with Gasteiger partial charge >= 0.3 is 0 Å². The molecule has 0 saturated carbocycles. The molecule has 0 atom stereocenters. The molecule has 0 radical (unpaired) electrons. The van der Waals surface area contributed by atoms with E-state index in [4.69, 9.17) is 11.6 Å². The van der Waals surface area contributed by atoms with Crippen LogP contribution < -0.4 is 5.56 Å². The average molecular weight is 423 g/mol. The van der Waals surface area contributed by atoms with Crippen molar-refractivity contribution in [3.63, 3.8) is 0 Å². The van der Waals surface area contributed by atoms with Gasteiger partial charge in [0.25, 0.3) is 5.56 Å². The number of halogens is 2. The Bertz CT molecular complexity index is 1280. The second kappa shape index (κ2) is 8.23. The van der Waals surface area contributed by atoms with Crippen LogP contribution in [0.4, 0.5) is 4.39 Å². The summed E-state index contributed by atoms with van der Waals surface area (Å²) in [6, 6.07) is 19.4. The molecule has 0 unspecified atom stereocenters. The molecule has 0 fully saturated rings. The zero-order valence-electron chi connectivity index (χ0n) is 15.5. The number of rotatable bonds is 4. The molecule has 3 aromatic carbocycles. The van der Waals surface area contributed by atoms with Gasteiger partial charge in [-0.25, -0.2) is 9.37 Å². The van der Waals surface area contributed by atoms with Crippen molar-refractivity contribution in [3.05, 3.63) is 99.3 Å².